The molecule has 144 valence electrons. The Hall–Kier alpha value is -3.22. The van der Waals surface area contributed by atoms with Crippen molar-refractivity contribution >= 4 is 5.91 Å². The number of hydrogen-bond acceptors (Lipinski definition) is 6. The molecule has 0 saturated carbocycles. The fourth-order valence-corrected chi connectivity index (χ4v) is 3.41. The first kappa shape index (κ1) is 18.2. The third-order valence-corrected chi connectivity index (χ3v) is 4.81. The van der Waals surface area contributed by atoms with E-state index < -0.39 is 0 Å². The molecular formula is C21H22N4O3. The first-order valence-corrected chi connectivity index (χ1v) is 9.51. The number of hydrogen-bond donors (Lipinski definition) is 0. The smallest absolute Gasteiger partial charge is 0.276 e. The van der Waals surface area contributed by atoms with Gasteiger partial charge in [-0.2, -0.15) is 4.98 Å². The van der Waals surface area contributed by atoms with Crippen LogP contribution in [0.4, 0.5) is 0 Å². The molecule has 0 spiro atoms. The zero-order valence-electron chi connectivity index (χ0n) is 15.7. The van der Waals surface area contributed by atoms with Gasteiger partial charge >= 0.3 is 0 Å². The number of benzene rings is 1. The number of carbonyl (C=O) groups excluding carboxylic acids is 1. The van der Waals surface area contributed by atoms with Crippen LogP contribution in [-0.2, 0) is 0 Å². The molecule has 1 atom stereocenters. The van der Waals surface area contributed by atoms with Crippen molar-refractivity contribution in [2.75, 3.05) is 19.7 Å². The summed E-state index contributed by atoms with van der Waals surface area (Å²) in [6.07, 6.45) is 3.52. The van der Waals surface area contributed by atoms with Crippen LogP contribution in [0.5, 0.6) is 5.75 Å². The van der Waals surface area contributed by atoms with Gasteiger partial charge in [0.05, 0.1) is 6.61 Å². The maximum Gasteiger partial charge on any atom is 0.276 e. The molecule has 1 aliphatic rings. The van der Waals surface area contributed by atoms with E-state index >= 15 is 0 Å². The molecule has 1 amide bonds. The predicted molar refractivity (Wildman–Crippen MR) is 103 cm³/mol. The van der Waals surface area contributed by atoms with E-state index in [-0.39, 0.29) is 11.8 Å². The minimum Gasteiger partial charge on any atom is -0.494 e. The van der Waals surface area contributed by atoms with Crippen molar-refractivity contribution in [2.24, 2.45) is 0 Å². The molecule has 28 heavy (non-hydrogen) atoms. The highest BCUT2D eigenvalue weighted by Crippen LogP contribution is 2.27. The number of amides is 1. The lowest BCUT2D eigenvalue weighted by Gasteiger charge is -2.31. The van der Waals surface area contributed by atoms with E-state index in [1.165, 1.54) is 0 Å². The molecule has 7 heteroatoms. The van der Waals surface area contributed by atoms with Crippen molar-refractivity contribution in [1.82, 2.24) is 20.0 Å². The highest BCUT2D eigenvalue weighted by molar-refractivity contribution is 5.94. The van der Waals surface area contributed by atoms with Crippen LogP contribution in [0.2, 0.25) is 0 Å². The Labute approximate surface area is 163 Å². The van der Waals surface area contributed by atoms with E-state index in [1.54, 1.807) is 6.20 Å². The van der Waals surface area contributed by atoms with Gasteiger partial charge in [-0.3, -0.25) is 9.78 Å². The van der Waals surface area contributed by atoms with Gasteiger partial charge in [0.1, 0.15) is 11.4 Å². The van der Waals surface area contributed by atoms with Crippen LogP contribution in [0.25, 0.3) is 11.6 Å². The van der Waals surface area contributed by atoms with Gasteiger partial charge in [-0.25, -0.2) is 0 Å². The second-order valence-corrected chi connectivity index (χ2v) is 6.72. The molecule has 1 aromatic carbocycles. The average Bonchev–Trinajstić information content (AvgIpc) is 3.25. The molecule has 0 radical (unpaired) electrons. The van der Waals surface area contributed by atoms with E-state index in [4.69, 9.17) is 9.26 Å². The SMILES string of the molecule is CCOc1ccc(C(=O)N2CCCC(c3noc(-c4ccccn4)n3)C2)cc1. The highest BCUT2D eigenvalue weighted by atomic mass is 16.5. The van der Waals surface area contributed by atoms with Crippen molar-refractivity contribution in [3.63, 3.8) is 0 Å². The number of aromatic nitrogens is 3. The van der Waals surface area contributed by atoms with Crippen LogP contribution in [0.3, 0.4) is 0 Å². The second-order valence-electron chi connectivity index (χ2n) is 6.72. The topological polar surface area (TPSA) is 81.4 Å². The Kier molecular flexibility index (Phi) is 5.32. The Morgan fingerprint density at radius 1 is 1.25 bits per heavy atom. The molecule has 1 saturated heterocycles. The third kappa shape index (κ3) is 3.88. The van der Waals surface area contributed by atoms with Crippen LogP contribution >= 0.6 is 0 Å². The molecule has 0 bridgehead atoms. The first-order valence-electron chi connectivity index (χ1n) is 9.51. The molecule has 1 aliphatic heterocycles. The second kappa shape index (κ2) is 8.21. The van der Waals surface area contributed by atoms with Crippen molar-refractivity contribution in [2.45, 2.75) is 25.7 Å². The van der Waals surface area contributed by atoms with Gasteiger partial charge in [-0.05, 0) is 56.2 Å². The van der Waals surface area contributed by atoms with E-state index in [9.17, 15) is 4.79 Å². The lowest BCUT2D eigenvalue weighted by Crippen LogP contribution is -2.39. The summed E-state index contributed by atoms with van der Waals surface area (Å²) in [6.45, 7) is 3.84. The summed E-state index contributed by atoms with van der Waals surface area (Å²) in [5.41, 5.74) is 1.31. The number of likely N-dealkylation sites (tertiary alicyclic amines) is 1. The number of piperidine rings is 1. The minimum absolute atomic E-state index is 0.0150. The largest absolute Gasteiger partial charge is 0.494 e. The Bertz CT molecular complexity index is 924. The molecule has 0 N–H and O–H groups in total. The molecular weight excluding hydrogens is 356 g/mol. The quantitative estimate of drug-likeness (QED) is 0.675. The van der Waals surface area contributed by atoms with Crippen LogP contribution in [0, 0.1) is 0 Å². The van der Waals surface area contributed by atoms with Crippen LogP contribution in [0.15, 0.2) is 53.2 Å². The number of ether oxygens (including phenoxy) is 1. The van der Waals surface area contributed by atoms with Crippen LogP contribution < -0.4 is 4.74 Å². The summed E-state index contributed by atoms with van der Waals surface area (Å²) >= 11 is 0. The molecule has 0 aliphatic carbocycles. The van der Waals surface area contributed by atoms with Crippen LogP contribution in [0.1, 0.15) is 41.9 Å². The third-order valence-electron chi connectivity index (χ3n) is 4.81. The fourth-order valence-electron chi connectivity index (χ4n) is 3.41. The maximum absolute atomic E-state index is 12.9. The summed E-state index contributed by atoms with van der Waals surface area (Å²) in [4.78, 5) is 23.5. The maximum atomic E-state index is 12.9. The number of nitrogens with zero attached hydrogens (tertiary/aromatic N) is 4. The van der Waals surface area contributed by atoms with Gasteiger partial charge in [0.15, 0.2) is 5.82 Å². The predicted octanol–water partition coefficient (Wildman–Crippen LogP) is 3.55. The average molecular weight is 378 g/mol. The molecule has 7 nitrogen and oxygen atoms in total. The van der Waals surface area contributed by atoms with Crippen molar-refractivity contribution < 1.29 is 14.1 Å². The zero-order valence-corrected chi connectivity index (χ0v) is 15.7. The standard InChI is InChI=1S/C21H22N4O3/c1-2-27-17-10-8-15(9-11-17)21(26)25-13-5-6-16(14-25)19-23-20(28-24-19)18-7-3-4-12-22-18/h3-4,7-12,16H,2,5-6,13-14H2,1H3. The molecule has 1 fully saturated rings. The first-order chi connectivity index (χ1) is 13.7. The van der Waals surface area contributed by atoms with Crippen molar-refractivity contribution in [3.05, 3.63) is 60.0 Å². The monoisotopic (exact) mass is 378 g/mol. The van der Waals surface area contributed by atoms with Crippen molar-refractivity contribution in [3.8, 4) is 17.3 Å². The molecule has 2 aromatic heterocycles. The summed E-state index contributed by atoms with van der Waals surface area (Å²) < 4.78 is 10.8. The molecule has 3 aromatic rings. The number of rotatable bonds is 5. The summed E-state index contributed by atoms with van der Waals surface area (Å²) in [6, 6.07) is 12.8. The highest BCUT2D eigenvalue weighted by Gasteiger charge is 2.28. The van der Waals surface area contributed by atoms with Gasteiger partial charge in [0, 0.05) is 30.8 Å². The Morgan fingerprint density at radius 3 is 2.86 bits per heavy atom. The molecule has 1 unspecified atom stereocenters. The van der Waals surface area contributed by atoms with Gasteiger partial charge < -0.3 is 14.2 Å². The van der Waals surface area contributed by atoms with Crippen molar-refractivity contribution in [1.29, 1.82) is 0 Å². The molecule has 4 rings (SSSR count). The Balaban J connectivity index is 1.45. The van der Waals surface area contributed by atoms with E-state index in [2.05, 4.69) is 15.1 Å². The van der Waals surface area contributed by atoms with E-state index in [0.717, 1.165) is 25.1 Å². The summed E-state index contributed by atoms with van der Waals surface area (Å²) in [7, 11) is 0. The van der Waals surface area contributed by atoms with Gasteiger partial charge in [-0.1, -0.05) is 11.2 Å². The zero-order chi connectivity index (χ0) is 19.3. The normalized spacial score (nSPS) is 16.8. The van der Waals surface area contributed by atoms with Gasteiger partial charge in [0.25, 0.3) is 11.8 Å². The summed E-state index contributed by atoms with van der Waals surface area (Å²) in [5, 5.41) is 4.13. The number of pyridine rings is 1. The lowest BCUT2D eigenvalue weighted by molar-refractivity contribution is 0.0703. The van der Waals surface area contributed by atoms with Gasteiger partial charge in [-0.15, -0.1) is 0 Å². The van der Waals surface area contributed by atoms with Gasteiger partial charge in [0.2, 0.25) is 0 Å². The number of carbonyl (C=O) groups is 1. The minimum atomic E-state index is 0.0150. The Morgan fingerprint density at radius 2 is 2.11 bits per heavy atom. The molecule has 3 heterocycles. The van der Waals surface area contributed by atoms with Crippen LogP contribution in [-0.4, -0.2) is 45.6 Å². The lowest BCUT2D eigenvalue weighted by atomic mass is 9.96. The summed E-state index contributed by atoms with van der Waals surface area (Å²) in [5.74, 6) is 1.88. The van der Waals surface area contributed by atoms with E-state index in [0.29, 0.717) is 36.1 Å². The fraction of sp³-hybridized carbons (Fsp3) is 0.333. The van der Waals surface area contributed by atoms with E-state index in [1.807, 2.05) is 54.3 Å².